The maximum absolute atomic E-state index is 11.3. The van der Waals surface area contributed by atoms with Crippen LogP contribution in [0.25, 0.3) is 0 Å². The molecule has 0 rings (SSSR count). The highest BCUT2D eigenvalue weighted by Crippen LogP contribution is 2.10. The van der Waals surface area contributed by atoms with Gasteiger partial charge in [0.2, 0.25) is 0 Å². The summed E-state index contributed by atoms with van der Waals surface area (Å²) < 4.78 is 4.71. The van der Waals surface area contributed by atoms with E-state index in [2.05, 4.69) is 10.2 Å². The van der Waals surface area contributed by atoms with Gasteiger partial charge >= 0.3 is 5.97 Å². The number of methoxy groups -OCH3 is 1. The summed E-state index contributed by atoms with van der Waals surface area (Å²) >= 11 is 0. The Morgan fingerprint density at radius 1 is 1.50 bits per heavy atom. The summed E-state index contributed by atoms with van der Waals surface area (Å²) in [6.07, 6.45) is 0. The number of hydrogen-bond donors (Lipinski definition) is 1. The number of carbonyl (C=O) groups excluding carboxylic acids is 1. The SMILES string of the molecule is CNCCN(C)C(C)C(C)C(=O)OC. The van der Waals surface area contributed by atoms with Gasteiger partial charge in [-0.15, -0.1) is 0 Å². The quantitative estimate of drug-likeness (QED) is 0.630. The molecule has 0 aliphatic heterocycles. The summed E-state index contributed by atoms with van der Waals surface area (Å²) in [5.74, 6) is -0.226. The van der Waals surface area contributed by atoms with E-state index in [1.54, 1.807) is 0 Å². The number of rotatable bonds is 6. The largest absolute Gasteiger partial charge is 0.469 e. The Balaban J connectivity index is 4.02. The summed E-state index contributed by atoms with van der Waals surface area (Å²) in [5, 5.41) is 3.08. The monoisotopic (exact) mass is 202 g/mol. The molecule has 84 valence electrons. The average Bonchev–Trinajstić information content (AvgIpc) is 2.22. The molecule has 14 heavy (non-hydrogen) atoms. The molecule has 4 heteroatoms. The van der Waals surface area contributed by atoms with Gasteiger partial charge in [0.15, 0.2) is 0 Å². The van der Waals surface area contributed by atoms with Crippen molar-refractivity contribution in [3.05, 3.63) is 0 Å². The zero-order valence-electron chi connectivity index (χ0n) is 9.83. The smallest absolute Gasteiger partial charge is 0.309 e. The average molecular weight is 202 g/mol. The van der Waals surface area contributed by atoms with Crippen LogP contribution in [0, 0.1) is 5.92 Å². The van der Waals surface area contributed by atoms with Crippen LogP contribution in [0.2, 0.25) is 0 Å². The lowest BCUT2D eigenvalue weighted by molar-refractivity contribution is -0.146. The zero-order chi connectivity index (χ0) is 11.1. The summed E-state index contributed by atoms with van der Waals surface area (Å²) in [6, 6.07) is 0.204. The molecule has 0 aromatic heterocycles. The van der Waals surface area contributed by atoms with E-state index >= 15 is 0 Å². The van der Waals surface area contributed by atoms with Gasteiger partial charge in [0.05, 0.1) is 13.0 Å². The molecule has 0 amide bonds. The number of ether oxygens (including phenoxy) is 1. The lowest BCUT2D eigenvalue weighted by Gasteiger charge is -2.28. The molecule has 0 saturated carbocycles. The third-order valence-corrected chi connectivity index (χ3v) is 2.71. The Morgan fingerprint density at radius 2 is 2.07 bits per heavy atom. The lowest BCUT2D eigenvalue weighted by Crippen LogP contribution is -2.41. The summed E-state index contributed by atoms with van der Waals surface area (Å²) in [6.45, 7) is 5.79. The third-order valence-electron chi connectivity index (χ3n) is 2.71. The molecule has 0 aliphatic rings. The standard InChI is InChI=1S/C10H22N2O2/c1-8(10(13)14-5)9(2)12(4)7-6-11-3/h8-9,11H,6-7H2,1-5H3. The first-order valence-corrected chi connectivity index (χ1v) is 4.97. The molecular weight excluding hydrogens is 180 g/mol. The zero-order valence-corrected chi connectivity index (χ0v) is 9.83. The van der Waals surface area contributed by atoms with Crippen molar-refractivity contribution in [2.45, 2.75) is 19.9 Å². The van der Waals surface area contributed by atoms with E-state index < -0.39 is 0 Å². The van der Waals surface area contributed by atoms with Crippen molar-refractivity contribution in [2.24, 2.45) is 5.92 Å². The van der Waals surface area contributed by atoms with Crippen LogP contribution in [0.1, 0.15) is 13.8 Å². The van der Waals surface area contributed by atoms with E-state index in [0.717, 1.165) is 13.1 Å². The third kappa shape index (κ3) is 4.07. The first kappa shape index (κ1) is 13.4. The fraction of sp³-hybridized carbons (Fsp3) is 0.900. The van der Waals surface area contributed by atoms with E-state index in [9.17, 15) is 4.79 Å². The van der Waals surface area contributed by atoms with Crippen molar-refractivity contribution in [3.63, 3.8) is 0 Å². The van der Waals surface area contributed by atoms with Crippen LogP contribution in [0.15, 0.2) is 0 Å². The molecule has 0 fully saturated rings. The van der Waals surface area contributed by atoms with Crippen molar-refractivity contribution in [2.75, 3.05) is 34.3 Å². The molecule has 2 atom stereocenters. The normalized spacial score (nSPS) is 15.3. The lowest BCUT2D eigenvalue weighted by atomic mass is 10.0. The minimum Gasteiger partial charge on any atom is -0.469 e. The van der Waals surface area contributed by atoms with Gasteiger partial charge in [-0.25, -0.2) is 0 Å². The Labute approximate surface area is 86.6 Å². The predicted molar refractivity (Wildman–Crippen MR) is 57.2 cm³/mol. The highest BCUT2D eigenvalue weighted by molar-refractivity contribution is 5.72. The predicted octanol–water partition coefficient (Wildman–Crippen LogP) is 0.335. The van der Waals surface area contributed by atoms with E-state index in [1.807, 2.05) is 27.9 Å². The van der Waals surface area contributed by atoms with Gasteiger partial charge < -0.3 is 15.0 Å². The second kappa shape index (κ2) is 6.79. The van der Waals surface area contributed by atoms with Crippen molar-refractivity contribution in [1.82, 2.24) is 10.2 Å². The molecule has 0 aromatic carbocycles. The summed E-state index contributed by atoms with van der Waals surface area (Å²) in [7, 11) is 5.36. The van der Waals surface area contributed by atoms with Crippen molar-refractivity contribution in [1.29, 1.82) is 0 Å². The van der Waals surface area contributed by atoms with Crippen LogP contribution in [-0.4, -0.2) is 51.2 Å². The van der Waals surface area contributed by atoms with Crippen molar-refractivity contribution < 1.29 is 9.53 Å². The maximum Gasteiger partial charge on any atom is 0.309 e. The van der Waals surface area contributed by atoms with Gasteiger partial charge in [0.25, 0.3) is 0 Å². The van der Waals surface area contributed by atoms with Crippen LogP contribution in [-0.2, 0) is 9.53 Å². The number of nitrogens with zero attached hydrogens (tertiary/aromatic N) is 1. The van der Waals surface area contributed by atoms with Crippen molar-refractivity contribution in [3.8, 4) is 0 Å². The molecule has 0 saturated heterocycles. The number of likely N-dealkylation sites (N-methyl/N-ethyl adjacent to an activating group) is 2. The van der Waals surface area contributed by atoms with Crippen LogP contribution < -0.4 is 5.32 Å². The van der Waals surface area contributed by atoms with E-state index in [1.165, 1.54) is 7.11 Å². The highest BCUT2D eigenvalue weighted by atomic mass is 16.5. The second-order valence-corrected chi connectivity index (χ2v) is 3.64. The Hall–Kier alpha value is -0.610. The molecule has 0 radical (unpaired) electrons. The highest BCUT2D eigenvalue weighted by Gasteiger charge is 2.23. The number of esters is 1. The fourth-order valence-corrected chi connectivity index (χ4v) is 1.26. The van der Waals surface area contributed by atoms with E-state index in [-0.39, 0.29) is 17.9 Å². The van der Waals surface area contributed by atoms with Crippen LogP contribution >= 0.6 is 0 Å². The molecular formula is C10H22N2O2. The molecule has 0 bridgehead atoms. The van der Waals surface area contributed by atoms with Gasteiger partial charge in [0.1, 0.15) is 0 Å². The number of nitrogens with one attached hydrogen (secondary N) is 1. The summed E-state index contributed by atoms with van der Waals surface area (Å²) in [4.78, 5) is 13.4. The molecule has 0 heterocycles. The summed E-state index contributed by atoms with van der Waals surface area (Å²) in [5.41, 5.74) is 0. The molecule has 1 N–H and O–H groups in total. The minimum atomic E-state index is -0.145. The van der Waals surface area contributed by atoms with Crippen LogP contribution in [0.4, 0.5) is 0 Å². The minimum absolute atomic E-state index is 0.0816. The molecule has 0 aliphatic carbocycles. The second-order valence-electron chi connectivity index (χ2n) is 3.64. The van der Waals surface area contributed by atoms with Crippen LogP contribution in [0.5, 0.6) is 0 Å². The van der Waals surface area contributed by atoms with Gasteiger partial charge in [-0.05, 0) is 21.0 Å². The Bertz CT molecular complexity index is 174. The van der Waals surface area contributed by atoms with E-state index in [0.29, 0.717) is 0 Å². The van der Waals surface area contributed by atoms with Crippen LogP contribution in [0.3, 0.4) is 0 Å². The molecule has 2 unspecified atom stereocenters. The fourth-order valence-electron chi connectivity index (χ4n) is 1.26. The first-order chi connectivity index (χ1) is 6.54. The molecule has 0 spiro atoms. The van der Waals surface area contributed by atoms with Gasteiger partial charge in [-0.3, -0.25) is 4.79 Å². The topological polar surface area (TPSA) is 41.6 Å². The number of hydrogen-bond acceptors (Lipinski definition) is 4. The Kier molecular flexibility index (Phi) is 6.49. The van der Waals surface area contributed by atoms with Crippen molar-refractivity contribution >= 4 is 5.97 Å². The number of carbonyl (C=O) groups is 1. The van der Waals surface area contributed by atoms with Gasteiger partial charge in [-0.2, -0.15) is 0 Å². The first-order valence-electron chi connectivity index (χ1n) is 4.97. The van der Waals surface area contributed by atoms with Gasteiger partial charge in [0, 0.05) is 19.1 Å². The Morgan fingerprint density at radius 3 is 2.50 bits per heavy atom. The van der Waals surface area contributed by atoms with Gasteiger partial charge in [-0.1, -0.05) is 6.92 Å². The molecule has 4 nitrogen and oxygen atoms in total. The maximum atomic E-state index is 11.3. The van der Waals surface area contributed by atoms with E-state index in [4.69, 9.17) is 4.74 Å². The molecule has 0 aromatic rings.